The van der Waals surface area contributed by atoms with Gasteiger partial charge in [-0.1, -0.05) is 40.7 Å². The average molecular weight is 533 g/mol. The Morgan fingerprint density at radius 2 is 1.97 bits per heavy atom. The van der Waals surface area contributed by atoms with E-state index in [0.29, 0.717) is 47.1 Å². The number of amides is 1. The van der Waals surface area contributed by atoms with Crippen molar-refractivity contribution in [2.45, 2.75) is 13.0 Å². The van der Waals surface area contributed by atoms with Gasteiger partial charge in [0.2, 0.25) is 5.76 Å². The molecular weight excluding hydrogens is 512 g/mol. The molecule has 1 atom stereocenters. The van der Waals surface area contributed by atoms with Crippen LogP contribution in [0.15, 0.2) is 87.1 Å². The summed E-state index contributed by atoms with van der Waals surface area (Å²) >= 11 is 3.42. The molecule has 2 aromatic carbocycles. The predicted octanol–water partition coefficient (Wildman–Crippen LogP) is 5.66. The largest absolute Gasteiger partial charge is 0.490 e. The number of halogens is 1. The van der Waals surface area contributed by atoms with Gasteiger partial charge in [-0.15, -0.1) is 0 Å². The molecule has 1 amide bonds. The molecule has 0 saturated carbocycles. The zero-order chi connectivity index (χ0) is 24.5. The summed E-state index contributed by atoms with van der Waals surface area (Å²) in [6, 6.07) is 15.0. The third-order valence-corrected chi connectivity index (χ3v) is 6.16. The molecule has 176 valence electrons. The van der Waals surface area contributed by atoms with Gasteiger partial charge in [0, 0.05) is 10.7 Å². The first-order chi connectivity index (χ1) is 17.0. The molecule has 1 aliphatic heterocycles. The van der Waals surface area contributed by atoms with Gasteiger partial charge in [-0.05, 0) is 55.0 Å². The second kappa shape index (κ2) is 9.38. The van der Waals surface area contributed by atoms with E-state index in [2.05, 4.69) is 27.5 Å². The first-order valence-electron chi connectivity index (χ1n) is 11.0. The number of pyridine rings is 1. The van der Waals surface area contributed by atoms with Crippen molar-refractivity contribution in [1.82, 2.24) is 4.98 Å². The molecular formula is C27H21BrN2O5. The molecule has 0 aliphatic carbocycles. The molecule has 4 aromatic rings. The van der Waals surface area contributed by atoms with E-state index in [0.717, 1.165) is 4.47 Å². The van der Waals surface area contributed by atoms with E-state index < -0.39 is 11.9 Å². The summed E-state index contributed by atoms with van der Waals surface area (Å²) in [5.74, 6) is 1.02. The summed E-state index contributed by atoms with van der Waals surface area (Å²) in [5.41, 5.74) is 0.992. The lowest BCUT2D eigenvalue weighted by Crippen LogP contribution is -2.30. The van der Waals surface area contributed by atoms with Gasteiger partial charge < -0.3 is 13.9 Å². The second-order valence-corrected chi connectivity index (χ2v) is 8.73. The van der Waals surface area contributed by atoms with Gasteiger partial charge in [0.25, 0.3) is 5.91 Å². The number of aromatic nitrogens is 1. The van der Waals surface area contributed by atoms with Crippen LogP contribution in [0.5, 0.6) is 11.5 Å². The van der Waals surface area contributed by atoms with Crippen LogP contribution in [-0.2, 0) is 0 Å². The van der Waals surface area contributed by atoms with Crippen LogP contribution in [0.1, 0.15) is 34.6 Å². The van der Waals surface area contributed by atoms with Crippen molar-refractivity contribution in [1.29, 1.82) is 0 Å². The fourth-order valence-corrected chi connectivity index (χ4v) is 4.59. The number of rotatable bonds is 7. The first kappa shape index (κ1) is 22.9. The summed E-state index contributed by atoms with van der Waals surface area (Å²) in [5, 5.41) is 0.384. The molecule has 0 fully saturated rings. The van der Waals surface area contributed by atoms with Gasteiger partial charge in [0.15, 0.2) is 16.9 Å². The Kier molecular flexibility index (Phi) is 6.13. The van der Waals surface area contributed by atoms with E-state index in [-0.39, 0.29) is 16.8 Å². The molecule has 0 radical (unpaired) electrons. The molecule has 0 bridgehead atoms. The van der Waals surface area contributed by atoms with E-state index in [4.69, 9.17) is 13.9 Å². The number of nitrogens with zero attached hydrogens (tertiary/aromatic N) is 2. The molecule has 0 N–H and O–H groups in total. The molecule has 1 unspecified atom stereocenters. The van der Waals surface area contributed by atoms with Gasteiger partial charge in [-0.25, -0.2) is 4.98 Å². The summed E-state index contributed by atoms with van der Waals surface area (Å²) in [6.45, 7) is 6.29. The minimum atomic E-state index is -0.764. The summed E-state index contributed by atoms with van der Waals surface area (Å²) in [6.07, 6.45) is 3.25. The number of anilines is 1. The molecule has 0 spiro atoms. The van der Waals surface area contributed by atoms with E-state index in [9.17, 15) is 9.59 Å². The summed E-state index contributed by atoms with van der Waals surface area (Å²) in [4.78, 5) is 33.3. The van der Waals surface area contributed by atoms with Crippen molar-refractivity contribution in [3.63, 3.8) is 0 Å². The Morgan fingerprint density at radius 1 is 1.11 bits per heavy atom. The van der Waals surface area contributed by atoms with Crippen LogP contribution in [0.2, 0.25) is 0 Å². The number of benzene rings is 2. The average Bonchev–Trinajstić information content (AvgIpc) is 3.17. The van der Waals surface area contributed by atoms with Crippen molar-refractivity contribution in [2.75, 3.05) is 18.1 Å². The topological polar surface area (TPSA) is 81.9 Å². The Balaban J connectivity index is 1.75. The monoisotopic (exact) mass is 532 g/mol. The Morgan fingerprint density at radius 3 is 2.71 bits per heavy atom. The van der Waals surface area contributed by atoms with Crippen LogP contribution in [-0.4, -0.2) is 24.1 Å². The molecule has 0 saturated heterocycles. The van der Waals surface area contributed by atoms with Crippen molar-refractivity contribution in [2.24, 2.45) is 0 Å². The molecule has 8 heteroatoms. The number of carbonyl (C=O) groups excluding carboxylic acids is 1. The molecule has 35 heavy (non-hydrogen) atoms. The maximum atomic E-state index is 13.8. The molecule has 5 rings (SSSR count). The zero-order valence-corrected chi connectivity index (χ0v) is 20.4. The number of carbonyl (C=O) groups is 1. The standard InChI is InChI=1S/C27H21BrN2O5/c1-3-13-34-20-10-8-16(14-21(20)33-4-2)24-23-25(31)18-15-17(28)9-11-19(18)35-26(23)27(32)30(24)22-7-5-6-12-29-22/h3,5-12,14-15,24H,1,4,13H2,2H3. The van der Waals surface area contributed by atoms with Crippen molar-refractivity contribution < 1.29 is 18.7 Å². The number of fused-ring (bicyclic) bond motifs is 2. The van der Waals surface area contributed by atoms with Crippen molar-refractivity contribution in [3.8, 4) is 11.5 Å². The van der Waals surface area contributed by atoms with E-state index in [1.165, 1.54) is 4.90 Å². The summed E-state index contributed by atoms with van der Waals surface area (Å²) in [7, 11) is 0. The first-order valence-corrected chi connectivity index (χ1v) is 11.8. The van der Waals surface area contributed by atoms with E-state index >= 15 is 0 Å². The Labute approximate surface area is 209 Å². The smallest absolute Gasteiger partial charge is 0.296 e. The quantitative estimate of drug-likeness (QED) is 0.285. The highest BCUT2D eigenvalue weighted by Gasteiger charge is 2.44. The molecule has 1 aliphatic rings. The van der Waals surface area contributed by atoms with Crippen LogP contribution in [0.3, 0.4) is 0 Å². The summed E-state index contributed by atoms with van der Waals surface area (Å²) < 4.78 is 18.3. The van der Waals surface area contributed by atoms with Gasteiger partial charge in [-0.2, -0.15) is 0 Å². The lowest BCUT2D eigenvalue weighted by Gasteiger charge is -2.25. The minimum Gasteiger partial charge on any atom is -0.490 e. The van der Waals surface area contributed by atoms with Crippen molar-refractivity contribution >= 4 is 38.6 Å². The predicted molar refractivity (Wildman–Crippen MR) is 136 cm³/mol. The maximum absolute atomic E-state index is 13.8. The van der Waals surface area contributed by atoms with E-state index in [1.807, 2.05) is 13.0 Å². The van der Waals surface area contributed by atoms with Crippen LogP contribution in [0, 0.1) is 0 Å². The van der Waals surface area contributed by atoms with Gasteiger partial charge >= 0.3 is 0 Å². The Hall–Kier alpha value is -3.91. The van der Waals surface area contributed by atoms with E-state index in [1.54, 1.807) is 60.8 Å². The molecule has 7 nitrogen and oxygen atoms in total. The third kappa shape index (κ3) is 4.00. The minimum absolute atomic E-state index is 0.00502. The lowest BCUT2D eigenvalue weighted by molar-refractivity contribution is 0.0970. The number of hydrogen-bond donors (Lipinski definition) is 0. The highest BCUT2D eigenvalue weighted by Crippen LogP contribution is 2.42. The molecule has 3 heterocycles. The van der Waals surface area contributed by atoms with Crippen LogP contribution in [0.4, 0.5) is 5.82 Å². The number of ether oxygens (including phenoxy) is 2. The van der Waals surface area contributed by atoms with Crippen LogP contribution < -0.4 is 19.8 Å². The van der Waals surface area contributed by atoms with Crippen molar-refractivity contribution in [3.05, 3.63) is 105 Å². The van der Waals surface area contributed by atoms with Crippen LogP contribution in [0.25, 0.3) is 11.0 Å². The van der Waals surface area contributed by atoms with Gasteiger partial charge in [0.05, 0.1) is 23.6 Å². The number of hydrogen-bond acceptors (Lipinski definition) is 6. The highest BCUT2D eigenvalue weighted by molar-refractivity contribution is 9.10. The fraction of sp³-hybridized carbons (Fsp3) is 0.148. The highest BCUT2D eigenvalue weighted by atomic mass is 79.9. The lowest BCUT2D eigenvalue weighted by atomic mass is 9.98. The maximum Gasteiger partial charge on any atom is 0.296 e. The molecule has 2 aromatic heterocycles. The Bertz CT molecular complexity index is 1500. The van der Waals surface area contributed by atoms with Gasteiger partial charge in [-0.3, -0.25) is 14.5 Å². The SMILES string of the molecule is C=CCOc1ccc(C2c3c(oc4ccc(Br)cc4c3=O)C(=O)N2c2ccccn2)cc1OCC. The fourth-order valence-electron chi connectivity index (χ4n) is 4.22. The third-order valence-electron chi connectivity index (χ3n) is 5.67. The van der Waals surface area contributed by atoms with Gasteiger partial charge in [0.1, 0.15) is 18.0 Å². The van der Waals surface area contributed by atoms with Crippen LogP contribution >= 0.6 is 15.9 Å². The second-order valence-electron chi connectivity index (χ2n) is 7.82. The normalized spacial score (nSPS) is 14.7. The zero-order valence-electron chi connectivity index (χ0n) is 18.9.